The summed E-state index contributed by atoms with van der Waals surface area (Å²) in [6, 6.07) is 9.31. The third-order valence-corrected chi connectivity index (χ3v) is 4.03. The van der Waals surface area contributed by atoms with E-state index in [1.807, 2.05) is 37.3 Å². The quantitative estimate of drug-likeness (QED) is 0.772. The highest BCUT2D eigenvalue weighted by molar-refractivity contribution is 5.73. The van der Waals surface area contributed by atoms with Gasteiger partial charge in [-0.1, -0.05) is 30.3 Å². The van der Waals surface area contributed by atoms with Crippen LogP contribution in [0.25, 0.3) is 0 Å². The van der Waals surface area contributed by atoms with E-state index >= 15 is 0 Å². The molecular weight excluding hydrogens is 268 g/mol. The van der Waals surface area contributed by atoms with Gasteiger partial charge in [0.05, 0.1) is 6.54 Å². The monoisotopic (exact) mass is 292 g/mol. The lowest BCUT2D eigenvalue weighted by Crippen LogP contribution is -2.49. The number of ether oxygens (including phenoxy) is 1. The van der Waals surface area contributed by atoms with Crippen molar-refractivity contribution in [3.05, 3.63) is 35.9 Å². The summed E-state index contributed by atoms with van der Waals surface area (Å²) in [5, 5.41) is 16.7. The van der Waals surface area contributed by atoms with Crippen LogP contribution in [0.3, 0.4) is 0 Å². The largest absolute Gasteiger partial charge is 0.383 e. The van der Waals surface area contributed by atoms with Crippen LogP contribution in [0.1, 0.15) is 25.3 Å². The Labute approximate surface area is 125 Å². The summed E-state index contributed by atoms with van der Waals surface area (Å²) in [5.74, 6) is 0.0792. The van der Waals surface area contributed by atoms with E-state index in [1.54, 1.807) is 0 Å². The summed E-state index contributed by atoms with van der Waals surface area (Å²) in [7, 11) is 0. The third-order valence-electron chi connectivity index (χ3n) is 4.03. The molecule has 1 aromatic carbocycles. The van der Waals surface area contributed by atoms with Crippen LogP contribution in [-0.4, -0.2) is 37.4 Å². The summed E-state index contributed by atoms with van der Waals surface area (Å²) >= 11 is 0. The number of urea groups is 1. The number of aliphatic hydroxyl groups is 1. The molecule has 0 bridgehead atoms. The van der Waals surface area contributed by atoms with Gasteiger partial charge in [0.1, 0.15) is 5.60 Å². The molecule has 1 aliphatic heterocycles. The minimum absolute atomic E-state index is 0.0792. The van der Waals surface area contributed by atoms with Crippen molar-refractivity contribution >= 4 is 6.03 Å². The van der Waals surface area contributed by atoms with Gasteiger partial charge in [-0.05, 0) is 31.2 Å². The second-order valence-electron chi connectivity index (χ2n) is 5.39. The Morgan fingerprint density at radius 3 is 2.57 bits per heavy atom. The zero-order valence-corrected chi connectivity index (χ0v) is 12.5. The summed E-state index contributed by atoms with van der Waals surface area (Å²) in [5.41, 5.74) is -0.218. The van der Waals surface area contributed by atoms with E-state index in [-0.39, 0.29) is 18.5 Å². The van der Waals surface area contributed by atoms with Gasteiger partial charge in [0, 0.05) is 19.8 Å². The number of hydrogen-bond acceptors (Lipinski definition) is 3. The van der Waals surface area contributed by atoms with Crippen LogP contribution < -0.4 is 10.6 Å². The lowest BCUT2D eigenvalue weighted by Gasteiger charge is -2.39. The number of carbonyl (C=O) groups excluding carboxylic acids is 1. The van der Waals surface area contributed by atoms with Crippen LogP contribution >= 0.6 is 0 Å². The van der Waals surface area contributed by atoms with Crippen molar-refractivity contribution in [3.63, 3.8) is 0 Å². The van der Waals surface area contributed by atoms with Crippen LogP contribution in [0.4, 0.5) is 4.79 Å². The molecule has 1 aliphatic rings. The van der Waals surface area contributed by atoms with E-state index < -0.39 is 5.60 Å². The first kappa shape index (κ1) is 15.8. The summed E-state index contributed by atoms with van der Waals surface area (Å²) < 4.78 is 5.38. The van der Waals surface area contributed by atoms with E-state index in [1.165, 1.54) is 0 Å². The Morgan fingerprint density at radius 2 is 1.95 bits per heavy atom. The van der Waals surface area contributed by atoms with Crippen LogP contribution in [0.5, 0.6) is 0 Å². The average Bonchev–Trinajstić information content (AvgIpc) is 2.54. The standard InChI is InChI=1S/C16H24N2O3/c1-2-17-15(19)18-12-16(20,13-6-4-3-5-7-13)14-8-10-21-11-9-14/h3-7,14,20H,2,8-12H2,1H3,(H2,17,18,19). The third kappa shape index (κ3) is 3.95. The molecule has 1 atom stereocenters. The lowest BCUT2D eigenvalue weighted by atomic mass is 9.77. The molecule has 2 amide bonds. The number of rotatable bonds is 5. The van der Waals surface area contributed by atoms with Crippen LogP contribution in [-0.2, 0) is 10.3 Å². The van der Waals surface area contributed by atoms with Gasteiger partial charge in [0.2, 0.25) is 0 Å². The highest BCUT2D eigenvalue weighted by Gasteiger charge is 2.39. The minimum atomic E-state index is -1.06. The van der Waals surface area contributed by atoms with E-state index in [0.717, 1.165) is 18.4 Å². The van der Waals surface area contributed by atoms with Crippen molar-refractivity contribution in [1.29, 1.82) is 0 Å². The van der Waals surface area contributed by atoms with Gasteiger partial charge in [0.15, 0.2) is 0 Å². The highest BCUT2D eigenvalue weighted by atomic mass is 16.5. The zero-order valence-electron chi connectivity index (χ0n) is 12.5. The molecule has 1 unspecified atom stereocenters. The van der Waals surface area contributed by atoms with E-state index in [9.17, 15) is 9.90 Å². The molecular formula is C16H24N2O3. The predicted octanol–water partition coefficient (Wildman–Crippen LogP) is 1.62. The molecule has 2 rings (SSSR count). The fourth-order valence-corrected chi connectivity index (χ4v) is 2.82. The number of carbonyl (C=O) groups is 1. The maximum atomic E-state index is 11.6. The van der Waals surface area contributed by atoms with Gasteiger partial charge >= 0.3 is 6.03 Å². The van der Waals surface area contributed by atoms with Crippen LogP contribution in [0.15, 0.2) is 30.3 Å². The van der Waals surface area contributed by atoms with E-state index in [2.05, 4.69) is 10.6 Å². The van der Waals surface area contributed by atoms with Gasteiger partial charge in [-0.2, -0.15) is 0 Å². The Balaban J connectivity index is 2.15. The van der Waals surface area contributed by atoms with Crippen molar-refractivity contribution in [3.8, 4) is 0 Å². The average molecular weight is 292 g/mol. The number of benzene rings is 1. The van der Waals surface area contributed by atoms with Gasteiger partial charge in [-0.15, -0.1) is 0 Å². The molecule has 116 valence electrons. The SMILES string of the molecule is CCNC(=O)NCC(O)(c1ccccc1)C1CCOCC1. The van der Waals surface area contributed by atoms with Crippen LogP contribution in [0, 0.1) is 5.92 Å². The molecule has 0 saturated carbocycles. The predicted molar refractivity (Wildman–Crippen MR) is 81.0 cm³/mol. The van der Waals surface area contributed by atoms with Crippen molar-refractivity contribution in [1.82, 2.24) is 10.6 Å². The van der Waals surface area contributed by atoms with Crippen molar-refractivity contribution in [2.45, 2.75) is 25.4 Å². The molecule has 1 fully saturated rings. The Morgan fingerprint density at radius 1 is 1.29 bits per heavy atom. The first-order chi connectivity index (χ1) is 10.2. The molecule has 5 nitrogen and oxygen atoms in total. The highest BCUT2D eigenvalue weighted by Crippen LogP contribution is 2.35. The van der Waals surface area contributed by atoms with Crippen molar-refractivity contribution in [2.75, 3.05) is 26.3 Å². The lowest BCUT2D eigenvalue weighted by molar-refractivity contribution is -0.0675. The Kier molecular flexibility index (Phi) is 5.59. The molecule has 0 aliphatic carbocycles. The molecule has 0 spiro atoms. The number of nitrogens with one attached hydrogen (secondary N) is 2. The molecule has 21 heavy (non-hydrogen) atoms. The molecule has 5 heteroatoms. The smallest absolute Gasteiger partial charge is 0.314 e. The summed E-state index contributed by atoms with van der Waals surface area (Å²) in [6.45, 7) is 3.93. The normalized spacial score (nSPS) is 18.8. The van der Waals surface area contributed by atoms with Crippen molar-refractivity contribution in [2.24, 2.45) is 5.92 Å². The Bertz CT molecular complexity index is 446. The Hall–Kier alpha value is -1.59. The van der Waals surface area contributed by atoms with Gasteiger partial charge < -0.3 is 20.5 Å². The fourth-order valence-electron chi connectivity index (χ4n) is 2.82. The molecule has 0 aromatic heterocycles. The maximum absolute atomic E-state index is 11.6. The van der Waals surface area contributed by atoms with Crippen molar-refractivity contribution < 1.29 is 14.6 Å². The van der Waals surface area contributed by atoms with E-state index in [4.69, 9.17) is 4.74 Å². The molecule has 1 saturated heterocycles. The number of amides is 2. The molecule has 0 radical (unpaired) electrons. The van der Waals surface area contributed by atoms with E-state index in [0.29, 0.717) is 19.8 Å². The minimum Gasteiger partial charge on any atom is -0.383 e. The topological polar surface area (TPSA) is 70.6 Å². The summed E-state index contributed by atoms with van der Waals surface area (Å²) in [4.78, 5) is 11.6. The maximum Gasteiger partial charge on any atom is 0.314 e. The second kappa shape index (κ2) is 7.43. The first-order valence-corrected chi connectivity index (χ1v) is 7.54. The molecule has 1 aromatic rings. The van der Waals surface area contributed by atoms with Crippen LogP contribution in [0.2, 0.25) is 0 Å². The fraction of sp³-hybridized carbons (Fsp3) is 0.562. The van der Waals surface area contributed by atoms with Gasteiger partial charge in [-0.25, -0.2) is 4.79 Å². The second-order valence-corrected chi connectivity index (χ2v) is 5.39. The summed E-state index contributed by atoms with van der Waals surface area (Å²) in [6.07, 6.45) is 1.59. The van der Waals surface area contributed by atoms with Gasteiger partial charge in [0.25, 0.3) is 0 Å². The molecule has 3 N–H and O–H groups in total. The number of hydrogen-bond donors (Lipinski definition) is 3. The molecule has 1 heterocycles. The first-order valence-electron chi connectivity index (χ1n) is 7.54. The van der Waals surface area contributed by atoms with Gasteiger partial charge in [-0.3, -0.25) is 0 Å². The zero-order chi connectivity index (χ0) is 15.1.